The number of rotatable bonds is 6. The number of thiazole rings is 1. The van der Waals surface area contributed by atoms with Crippen LogP contribution in [-0.4, -0.2) is 21.8 Å². The number of nitriles is 1. The molecule has 23 heavy (non-hydrogen) atoms. The molecule has 0 aliphatic carbocycles. The Morgan fingerprint density at radius 3 is 2.91 bits per heavy atom. The zero-order valence-electron chi connectivity index (χ0n) is 12.1. The van der Waals surface area contributed by atoms with Crippen LogP contribution in [0.2, 0.25) is 0 Å². The van der Waals surface area contributed by atoms with Gasteiger partial charge in [-0.2, -0.15) is 17.0 Å². The molecule has 0 aliphatic rings. The second-order valence-corrected chi connectivity index (χ2v) is 6.75. The fourth-order valence-electron chi connectivity index (χ4n) is 1.62. The van der Waals surface area contributed by atoms with Crippen molar-refractivity contribution in [1.82, 2.24) is 10.3 Å². The first kappa shape index (κ1) is 17.4. The molecule has 0 bridgehead atoms. The van der Waals surface area contributed by atoms with Crippen LogP contribution in [0.3, 0.4) is 0 Å². The number of aromatic nitrogens is 1. The molecule has 5 nitrogen and oxygen atoms in total. The molecule has 0 radical (unpaired) electrons. The summed E-state index contributed by atoms with van der Waals surface area (Å²) in [5, 5.41) is 16.8. The van der Waals surface area contributed by atoms with E-state index in [1.54, 1.807) is 36.0 Å². The first-order valence-electron chi connectivity index (χ1n) is 6.75. The number of benzene rings is 1. The summed E-state index contributed by atoms with van der Waals surface area (Å²) in [6.45, 7) is 0. The van der Waals surface area contributed by atoms with Crippen LogP contribution in [0.5, 0.6) is 0 Å². The highest BCUT2D eigenvalue weighted by Crippen LogP contribution is 2.19. The van der Waals surface area contributed by atoms with Gasteiger partial charge >= 0.3 is 0 Å². The number of thioether (sulfide) groups is 1. The Hall–Kier alpha value is -1.95. The van der Waals surface area contributed by atoms with Gasteiger partial charge in [0.2, 0.25) is 0 Å². The number of nitrogens with one attached hydrogen (secondary N) is 2. The molecule has 2 aromatic rings. The Morgan fingerprint density at radius 1 is 1.39 bits per heavy atom. The number of amides is 1. The van der Waals surface area contributed by atoms with E-state index in [-0.39, 0.29) is 11.0 Å². The van der Waals surface area contributed by atoms with Crippen molar-refractivity contribution in [3.8, 4) is 6.07 Å². The fourth-order valence-corrected chi connectivity index (χ4v) is 3.43. The van der Waals surface area contributed by atoms with Crippen molar-refractivity contribution in [3.05, 3.63) is 47.0 Å². The first-order chi connectivity index (χ1) is 11.2. The van der Waals surface area contributed by atoms with E-state index >= 15 is 0 Å². The van der Waals surface area contributed by atoms with Crippen molar-refractivity contribution in [2.45, 2.75) is 12.2 Å². The molecule has 1 amide bonds. The lowest BCUT2D eigenvalue weighted by Gasteiger charge is -2.06. The summed E-state index contributed by atoms with van der Waals surface area (Å²) in [7, 11) is 0. The fraction of sp³-hybridized carbons (Fsp3) is 0.200. The maximum absolute atomic E-state index is 12.0. The molecule has 0 unspecified atom stereocenters. The molecule has 1 heterocycles. The standard InChI is InChI=1S/C15H14N4OS3/c16-7-4-8-22-9-12-10-23-15(17-12)19-14(21)18-13(20)11-5-2-1-3-6-11/h1-3,5-6,10H,4,8-9H2,(H2,17,18,19,20,21). The molecule has 0 aliphatic heterocycles. The smallest absolute Gasteiger partial charge is 0.257 e. The summed E-state index contributed by atoms with van der Waals surface area (Å²) in [6, 6.07) is 11.0. The Labute approximate surface area is 148 Å². The average Bonchev–Trinajstić information content (AvgIpc) is 2.99. The number of thiocarbonyl (C=S) groups is 1. The Morgan fingerprint density at radius 2 is 2.17 bits per heavy atom. The molecule has 2 rings (SSSR count). The van der Waals surface area contributed by atoms with Crippen molar-refractivity contribution >= 4 is 51.5 Å². The minimum Gasteiger partial charge on any atom is -0.308 e. The number of hydrogen-bond acceptors (Lipinski definition) is 6. The van der Waals surface area contributed by atoms with Crippen LogP contribution in [0.4, 0.5) is 5.13 Å². The van der Waals surface area contributed by atoms with Gasteiger partial charge < -0.3 is 5.32 Å². The summed E-state index contributed by atoms with van der Waals surface area (Å²) in [5.74, 6) is 1.29. The summed E-state index contributed by atoms with van der Waals surface area (Å²) in [6.07, 6.45) is 0.537. The predicted molar refractivity (Wildman–Crippen MR) is 98.6 cm³/mol. The van der Waals surface area contributed by atoms with Gasteiger partial charge in [0.1, 0.15) is 0 Å². The highest BCUT2D eigenvalue weighted by molar-refractivity contribution is 7.98. The highest BCUT2D eigenvalue weighted by Gasteiger charge is 2.09. The van der Waals surface area contributed by atoms with Gasteiger partial charge in [-0.3, -0.25) is 10.1 Å². The van der Waals surface area contributed by atoms with Gasteiger partial charge in [0.25, 0.3) is 5.91 Å². The molecule has 1 aromatic heterocycles. The Kier molecular flexibility index (Phi) is 7.00. The normalized spacial score (nSPS) is 9.87. The molecule has 0 fully saturated rings. The molecule has 1 aromatic carbocycles. The molecular formula is C15H14N4OS3. The molecule has 0 saturated carbocycles. The van der Waals surface area contributed by atoms with Gasteiger partial charge in [-0.05, 0) is 24.4 Å². The number of hydrogen-bond donors (Lipinski definition) is 2. The van der Waals surface area contributed by atoms with Crippen LogP contribution in [0.25, 0.3) is 0 Å². The molecule has 0 atom stereocenters. The van der Waals surface area contributed by atoms with Crippen molar-refractivity contribution < 1.29 is 4.79 Å². The number of carbonyl (C=O) groups is 1. The summed E-state index contributed by atoms with van der Waals surface area (Å²) in [4.78, 5) is 16.4. The van der Waals surface area contributed by atoms with Gasteiger partial charge in [0.15, 0.2) is 10.2 Å². The molecule has 8 heteroatoms. The van der Waals surface area contributed by atoms with Crippen LogP contribution in [0.1, 0.15) is 22.5 Å². The van der Waals surface area contributed by atoms with E-state index in [0.717, 1.165) is 17.2 Å². The Balaban J connectivity index is 1.80. The van der Waals surface area contributed by atoms with E-state index < -0.39 is 0 Å². The highest BCUT2D eigenvalue weighted by atomic mass is 32.2. The number of anilines is 1. The minimum atomic E-state index is -0.257. The van der Waals surface area contributed by atoms with Gasteiger partial charge in [0.05, 0.1) is 11.8 Å². The van der Waals surface area contributed by atoms with Gasteiger partial charge in [-0.1, -0.05) is 18.2 Å². The predicted octanol–water partition coefficient (Wildman–Crippen LogP) is 3.42. The SMILES string of the molecule is N#CCCSCc1csc(NC(=S)NC(=O)c2ccccc2)n1. The van der Waals surface area contributed by atoms with Crippen LogP contribution < -0.4 is 10.6 Å². The van der Waals surface area contributed by atoms with Gasteiger partial charge in [-0.15, -0.1) is 11.3 Å². The lowest BCUT2D eigenvalue weighted by molar-refractivity contribution is 0.0977. The third-order valence-electron chi connectivity index (χ3n) is 2.64. The maximum atomic E-state index is 12.0. The quantitative estimate of drug-likeness (QED) is 0.606. The minimum absolute atomic E-state index is 0.219. The van der Waals surface area contributed by atoms with E-state index in [9.17, 15) is 4.79 Å². The third-order valence-corrected chi connectivity index (χ3v) is 4.65. The van der Waals surface area contributed by atoms with Crippen LogP contribution in [0.15, 0.2) is 35.7 Å². The number of carbonyl (C=O) groups excluding carboxylic acids is 1. The lowest BCUT2D eigenvalue weighted by atomic mass is 10.2. The zero-order valence-corrected chi connectivity index (χ0v) is 14.6. The second kappa shape index (κ2) is 9.25. The number of nitrogens with zero attached hydrogens (tertiary/aromatic N) is 2. The van der Waals surface area contributed by atoms with Crippen molar-refractivity contribution in [2.75, 3.05) is 11.1 Å². The summed E-state index contributed by atoms with van der Waals surface area (Å²) < 4.78 is 0. The maximum Gasteiger partial charge on any atom is 0.257 e. The molecule has 2 N–H and O–H groups in total. The van der Waals surface area contributed by atoms with E-state index in [1.807, 2.05) is 11.4 Å². The summed E-state index contributed by atoms with van der Waals surface area (Å²) in [5.41, 5.74) is 1.47. The topological polar surface area (TPSA) is 77.8 Å². The van der Waals surface area contributed by atoms with Gasteiger partial charge in [0, 0.05) is 28.9 Å². The van der Waals surface area contributed by atoms with Crippen molar-refractivity contribution in [3.63, 3.8) is 0 Å². The van der Waals surface area contributed by atoms with E-state index in [1.165, 1.54) is 11.3 Å². The molecule has 0 spiro atoms. The largest absolute Gasteiger partial charge is 0.308 e. The van der Waals surface area contributed by atoms with Crippen molar-refractivity contribution in [2.24, 2.45) is 0 Å². The van der Waals surface area contributed by atoms with Crippen LogP contribution in [-0.2, 0) is 5.75 Å². The first-order valence-corrected chi connectivity index (χ1v) is 9.20. The molecular weight excluding hydrogens is 348 g/mol. The van der Waals surface area contributed by atoms with E-state index in [0.29, 0.717) is 17.1 Å². The molecule has 0 saturated heterocycles. The second-order valence-electron chi connectivity index (χ2n) is 4.38. The Bertz CT molecular complexity index is 709. The molecule has 118 valence electrons. The van der Waals surface area contributed by atoms with Crippen LogP contribution in [0, 0.1) is 11.3 Å². The zero-order chi connectivity index (χ0) is 16.5. The summed E-state index contributed by atoms with van der Waals surface area (Å²) >= 11 is 8.21. The van der Waals surface area contributed by atoms with Crippen molar-refractivity contribution in [1.29, 1.82) is 5.26 Å². The van der Waals surface area contributed by atoms with Crippen LogP contribution >= 0.6 is 35.3 Å². The van der Waals surface area contributed by atoms with E-state index in [4.69, 9.17) is 17.5 Å². The monoisotopic (exact) mass is 362 g/mol. The van der Waals surface area contributed by atoms with E-state index in [2.05, 4.69) is 21.7 Å². The van der Waals surface area contributed by atoms with Gasteiger partial charge in [-0.25, -0.2) is 4.98 Å². The average molecular weight is 363 g/mol. The third kappa shape index (κ3) is 5.98. The lowest BCUT2D eigenvalue weighted by Crippen LogP contribution is -2.34.